The zero-order valence-corrected chi connectivity index (χ0v) is 12.3. The van der Waals surface area contributed by atoms with Gasteiger partial charge in [0.05, 0.1) is 23.6 Å². The van der Waals surface area contributed by atoms with Gasteiger partial charge >= 0.3 is 5.97 Å². The average Bonchev–Trinajstić information content (AvgIpc) is 2.80. The van der Waals surface area contributed by atoms with Crippen molar-refractivity contribution >= 4 is 34.5 Å². The lowest BCUT2D eigenvalue weighted by molar-refractivity contribution is -0.123. The number of aliphatic imine (C=N–C) groups is 1. The van der Waals surface area contributed by atoms with Crippen LogP contribution < -0.4 is 0 Å². The molecule has 2 rings (SSSR count). The number of thioether (sulfide) groups is 1. The number of carbonyl (C=O) groups excluding carboxylic acids is 2. The third kappa shape index (κ3) is 3.19. The molecule has 1 saturated heterocycles. The predicted molar refractivity (Wildman–Crippen MR) is 79.3 cm³/mol. The summed E-state index contributed by atoms with van der Waals surface area (Å²) in [6.07, 6.45) is 0. The fourth-order valence-electron chi connectivity index (χ4n) is 1.79. The zero-order chi connectivity index (χ0) is 14.5. The third-order valence-corrected chi connectivity index (χ3v) is 3.74. The molecular weight excluding hydrogens is 276 g/mol. The first-order chi connectivity index (χ1) is 9.65. The summed E-state index contributed by atoms with van der Waals surface area (Å²) in [4.78, 5) is 29.2. The Bertz CT molecular complexity index is 540. The molecule has 0 bridgehead atoms. The molecule has 0 N–H and O–H groups in total. The van der Waals surface area contributed by atoms with Crippen LogP contribution in [0.5, 0.6) is 0 Å². The van der Waals surface area contributed by atoms with E-state index in [9.17, 15) is 9.59 Å². The van der Waals surface area contributed by atoms with E-state index in [4.69, 9.17) is 4.74 Å². The predicted octanol–water partition coefficient (Wildman–Crippen LogP) is 2.45. The summed E-state index contributed by atoms with van der Waals surface area (Å²) in [5.74, 6) is 0.180. The van der Waals surface area contributed by atoms with Crippen LogP contribution in [0, 0.1) is 0 Å². The van der Waals surface area contributed by atoms with Crippen molar-refractivity contribution in [2.24, 2.45) is 4.99 Å². The minimum Gasteiger partial charge on any atom is -0.462 e. The second-order valence-corrected chi connectivity index (χ2v) is 5.03. The van der Waals surface area contributed by atoms with E-state index in [1.54, 1.807) is 36.1 Å². The number of benzene rings is 1. The quantitative estimate of drug-likeness (QED) is 0.800. The van der Waals surface area contributed by atoms with Gasteiger partial charge < -0.3 is 4.74 Å². The van der Waals surface area contributed by atoms with Crippen LogP contribution in [0.4, 0.5) is 5.69 Å². The molecule has 0 aromatic heterocycles. The molecule has 1 aliphatic rings. The number of carbonyl (C=O) groups is 2. The highest BCUT2D eigenvalue weighted by atomic mass is 32.2. The minimum atomic E-state index is -0.340. The van der Waals surface area contributed by atoms with Crippen LogP contribution >= 0.6 is 11.8 Å². The van der Waals surface area contributed by atoms with E-state index in [0.29, 0.717) is 35.3 Å². The molecular formula is C14H16N2O3S. The molecule has 0 unspecified atom stereocenters. The fraction of sp³-hybridized carbons (Fsp3) is 0.357. The number of esters is 1. The first-order valence-electron chi connectivity index (χ1n) is 6.44. The summed E-state index contributed by atoms with van der Waals surface area (Å²) >= 11 is 1.43. The molecule has 106 valence electrons. The largest absolute Gasteiger partial charge is 0.462 e. The monoisotopic (exact) mass is 292 g/mol. The van der Waals surface area contributed by atoms with Crippen molar-refractivity contribution in [2.75, 3.05) is 18.9 Å². The molecule has 0 aliphatic carbocycles. The number of amidine groups is 1. The van der Waals surface area contributed by atoms with E-state index in [0.717, 1.165) is 0 Å². The van der Waals surface area contributed by atoms with Crippen molar-refractivity contribution in [3.05, 3.63) is 29.8 Å². The van der Waals surface area contributed by atoms with Crippen LogP contribution in [0.3, 0.4) is 0 Å². The summed E-state index contributed by atoms with van der Waals surface area (Å²) in [6, 6.07) is 6.84. The fourth-order valence-corrected chi connectivity index (χ4v) is 2.76. The molecule has 0 spiro atoms. The van der Waals surface area contributed by atoms with Gasteiger partial charge in [0.1, 0.15) is 0 Å². The standard InChI is InChI=1S/C14H16N2O3S/c1-3-16-12(17)9-20-14(16)15-11-7-5-10(6-8-11)13(18)19-4-2/h5-8H,3-4,9H2,1-2H3. The van der Waals surface area contributed by atoms with E-state index in [1.165, 1.54) is 11.8 Å². The van der Waals surface area contributed by atoms with Gasteiger partial charge in [0.15, 0.2) is 5.17 Å². The van der Waals surface area contributed by atoms with Gasteiger partial charge in [-0.05, 0) is 38.1 Å². The van der Waals surface area contributed by atoms with Crippen molar-refractivity contribution in [1.82, 2.24) is 4.90 Å². The minimum absolute atomic E-state index is 0.0828. The van der Waals surface area contributed by atoms with Gasteiger partial charge in [0, 0.05) is 6.54 Å². The summed E-state index contributed by atoms with van der Waals surface area (Å²) in [5.41, 5.74) is 1.21. The Morgan fingerprint density at radius 3 is 2.65 bits per heavy atom. The average molecular weight is 292 g/mol. The molecule has 20 heavy (non-hydrogen) atoms. The molecule has 0 radical (unpaired) electrons. The SMILES string of the molecule is CCOC(=O)c1ccc(N=C2SCC(=O)N2CC)cc1. The summed E-state index contributed by atoms with van der Waals surface area (Å²) in [5, 5.41) is 0.710. The maximum atomic E-state index is 11.6. The molecule has 1 fully saturated rings. The number of rotatable bonds is 4. The lowest BCUT2D eigenvalue weighted by Gasteiger charge is -2.12. The third-order valence-electron chi connectivity index (χ3n) is 2.78. The summed E-state index contributed by atoms with van der Waals surface area (Å²) in [7, 11) is 0. The Labute approximate surface area is 122 Å². The van der Waals surface area contributed by atoms with Gasteiger partial charge in [0.25, 0.3) is 0 Å². The molecule has 5 nitrogen and oxygen atoms in total. The normalized spacial score (nSPS) is 16.8. The lowest BCUT2D eigenvalue weighted by atomic mass is 10.2. The van der Waals surface area contributed by atoms with Crippen molar-refractivity contribution in [3.8, 4) is 0 Å². The smallest absolute Gasteiger partial charge is 0.338 e. The second kappa shape index (κ2) is 6.56. The van der Waals surface area contributed by atoms with Crippen LogP contribution in [0.1, 0.15) is 24.2 Å². The molecule has 6 heteroatoms. The molecule has 0 atom stereocenters. The van der Waals surface area contributed by atoms with Crippen molar-refractivity contribution in [3.63, 3.8) is 0 Å². The first kappa shape index (κ1) is 14.6. The van der Waals surface area contributed by atoms with Gasteiger partial charge in [0.2, 0.25) is 5.91 Å². The number of amides is 1. The van der Waals surface area contributed by atoms with E-state index < -0.39 is 0 Å². The highest BCUT2D eigenvalue weighted by Crippen LogP contribution is 2.23. The van der Waals surface area contributed by atoms with Crippen LogP contribution in [0.25, 0.3) is 0 Å². The van der Waals surface area contributed by atoms with E-state index in [1.807, 2.05) is 6.92 Å². The second-order valence-electron chi connectivity index (χ2n) is 4.09. The Morgan fingerprint density at radius 2 is 2.05 bits per heavy atom. The van der Waals surface area contributed by atoms with Crippen molar-refractivity contribution in [1.29, 1.82) is 0 Å². The highest BCUT2D eigenvalue weighted by Gasteiger charge is 2.26. The first-order valence-corrected chi connectivity index (χ1v) is 7.43. The Hall–Kier alpha value is -1.82. The van der Waals surface area contributed by atoms with E-state index in [-0.39, 0.29) is 11.9 Å². The van der Waals surface area contributed by atoms with Gasteiger partial charge in [-0.3, -0.25) is 9.69 Å². The van der Waals surface area contributed by atoms with Gasteiger partial charge in [-0.2, -0.15) is 0 Å². The topological polar surface area (TPSA) is 59.0 Å². The van der Waals surface area contributed by atoms with E-state index in [2.05, 4.69) is 4.99 Å². The van der Waals surface area contributed by atoms with Crippen LogP contribution in [-0.2, 0) is 9.53 Å². The maximum absolute atomic E-state index is 11.6. The Morgan fingerprint density at radius 1 is 1.35 bits per heavy atom. The number of hydrogen-bond donors (Lipinski definition) is 0. The Balaban J connectivity index is 2.14. The number of hydrogen-bond acceptors (Lipinski definition) is 5. The number of ether oxygens (including phenoxy) is 1. The molecule has 1 heterocycles. The zero-order valence-electron chi connectivity index (χ0n) is 11.5. The van der Waals surface area contributed by atoms with Gasteiger partial charge in [-0.15, -0.1) is 0 Å². The molecule has 1 aromatic carbocycles. The van der Waals surface area contributed by atoms with Crippen molar-refractivity contribution in [2.45, 2.75) is 13.8 Å². The van der Waals surface area contributed by atoms with Gasteiger partial charge in [-0.25, -0.2) is 9.79 Å². The van der Waals surface area contributed by atoms with Crippen molar-refractivity contribution < 1.29 is 14.3 Å². The lowest BCUT2D eigenvalue weighted by Crippen LogP contribution is -2.28. The summed E-state index contributed by atoms with van der Waals surface area (Å²) < 4.78 is 4.92. The summed E-state index contributed by atoms with van der Waals surface area (Å²) in [6.45, 7) is 4.66. The maximum Gasteiger partial charge on any atom is 0.338 e. The molecule has 1 aliphatic heterocycles. The highest BCUT2D eigenvalue weighted by molar-refractivity contribution is 8.15. The Kier molecular flexibility index (Phi) is 4.79. The van der Waals surface area contributed by atoms with E-state index >= 15 is 0 Å². The van der Waals surface area contributed by atoms with Crippen LogP contribution in [0.2, 0.25) is 0 Å². The van der Waals surface area contributed by atoms with Gasteiger partial charge in [-0.1, -0.05) is 11.8 Å². The van der Waals surface area contributed by atoms with Crippen LogP contribution in [-0.4, -0.2) is 40.8 Å². The number of nitrogens with zero attached hydrogens (tertiary/aromatic N) is 2. The molecule has 0 saturated carbocycles. The molecule has 1 aromatic rings. The molecule has 1 amide bonds. The van der Waals surface area contributed by atoms with Crippen LogP contribution in [0.15, 0.2) is 29.3 Å².